The number of benzene rings is 3. The summed E-state index contributed by atoms with van der Waals surface area (Å²) in [5.41, 5.74) is 4.02. The second-order valence-electron chi connectivity index (χ2n) is 9.33. The second-order valence-corrected chi connectivity index (χ2v) is 9.77. The third-order valence-electron chi connectivity index (χ3n) is 6.83. The Morgan fingerprint density at radius 2 is 1.00 bits per heavy atom. The predicted octanol–water partition coefficient (Wildman–Crippen LogP) is 6.14. The van der Waals surface area contributed by atoms with Gasteiger partial charge in [-0.1, -0.05) is 86.1 Å². The Labute approximate surface area is 224 Å². The van der Waals surface area contributed by atoms with Gasteiger partial charge in [0.05, 0.1) is 6.04 Å². The van der Waals surface area contributed by atoms with Crippen molar-refractivity contribution >= 4 is 17.3 Å². The fraction of sp³-hybridized carbons (Fsp3) is 0.419. The minimum atomic E-state index is 0.317. The molecule has 5 rings (SSSR count). The molecule has 0 bridgehead atoms. The SMILES string of the molecule is CC.CN1CCN(C(c2ccccc2)c2ccc(Cl)cc2)CC1.CN1CCN(c2ccccc2)CC1. The Balaban J connectivity index is 0.000000206. The highest BCUT2D eigenvalue weighted by Gasteiger charge is 2.25. The van der Waals surface area contributed by atoms with Crippen LogP contribution in [0.3, 0.4) is 0 Å². The number of likely N-dealkylation sites (N-methyl/N-ethyl adjacent to an activating group) is 2. The molecule has 0 aromatic heterocycles. The number of para-hydroxylation sites is 1. The van der Waals surface area contributed by atoms with Gasteiger partial charge in [-0.25, -0.2) is 0 Å². The van der Waals surface area contributed by atoms with E-state index < -0.39 is 0 Å². The first-order valence-electron chi connectivity index (χ1n) is 13.3. The average molecular weight is 507 g/mol. The zero-order valence-corrected chi connectivity index (χ0v) is 23.2. The van der Waals surface area contributed by atoms with Crippen molar-refractivity contribution in [3.63, 3.8) is 0 Å². The molecular weight excluding hydrogens is 464 g/mol. The molecule has 0 saturated carbocycles. The predicted molar refractivity (Wildman–Crippen MR) is 156 cm³/mol. The molecule has 0 spiro atoms. The van der Waals surface area contributed by atoms with E-state index in [9.17, 15) is 0 Å². The van der Waals surface area contributed by atoms with Gasteiger partial charge in [-0.05, 0) is 49.5 Å². The van der Waals surface area contributed by atoms with Crippen LogP contribution in [-0.4, -0.2) is 81.2 Å². The maximum atomic E-state index is 6.05. The van der Waals surface area contributed by atoms with Gasteiger partial charge < -0.3 is 14.7 Å². The lowest BCUT2D eigenvalue weighted by atomic mass is 9.96. The highest BCUT2D eigenvalue weighted by molar-refractivity contribution is 6.30. The summed E-state index contributed by atoms with van der Waals surface area (Å²) in [5, 5.41) is 0.795. The Kier molecular flexibility index (Phi) is 11.8. The molecule has 1 atom stereocenters. The Morgan fingerprint density at radius 3 is 1.53 bits per heavy atom. The minimum absolute atomic E-state index is 0.317. The van der Waals surface area contributed by atoms with E-state index in [1.807, 2.05) is 26.0 Å². The van der Waals surface area contributed by atoms with E-state index in [4.69, 9.17) is 11.6 Å². The lowest BCUT2D eigenvalue weighted by molar-refractivity contribution is 0.127. The van der Waals surface area contributed by atoms with Crippen molar-refractivity contribution in [1.82, 2.24) is 14.7 Å². The topological polar surface area (TPSA) is 13.0 Å². The van der Waals surface area contributed by atoms with Crippen LogP contribution in [0.15, 0.2) is 84.9 Å². The molecule has 2 aliphatic rings. The van der Waals surface area contributed by atoms with Gasteiger partial charge in [0.1, 0.15) is 0 Å². The van der Waals surface area contributed by atoms with Gasteiger partial charge in [-0.15, -0.1) is 0 Å². The average Bonchev–Trinajstić information content (AvgIpc) is 2.94. The third kappa shape index (κ3) is 8.35. The van der Waals surface area contributed by atoms with Crippen LogP contribution in [0.2, 0.25) is 5.02 Å². The monoisotopic (exact) mass is 506 g/mol. The van der Waals surface area contributed by atoms with Gasteiger partial charge in [-0.3, -0.25) is 4.90 Å². The van der Waals surface area contributed by atoms with Crippen molar-refractivity contribution in [2.24, 2.45) is 0 Å². The second kappa shape index (κ2) is 15.0. The number of anilines is 1. The maximum Gasteiger partial charge on any atom is 0.0602 e. The molecule has 194 valence electrons. The van der Waals surface area contributed by atoms with Crippen LogP contribution in [0.4, 0.5) is 5.69 Å². The summed E-state index contributed by atoms with van der Waals surface area (Å²) in [5.74, 6) is 0. The minimum Gasteiger partial charge on any atom is -0.369 e. The van der Waals surface area contributed by atoms with Gasteiger partial charge in [-0.2, -0.15) is 0 Å². The number of hydrogen-bond acceptors (Lipinski definition) is 4. The van der Waals surface area contributed by atoms with Gasteiger partial charge in [0.15, 0.2) is 0 Å². The molecule has 0 aliphatic carbocycles. The van der Waals surface area contributed by atoms with Crippen molar-refractivity contribution < 1.29 is 0 Å². The summed E-state index contributed by atoms with van der Waals surface area (Å²) in [7, 11) is 4.37. The van der Waals surface area contributed by atoms with Crippen LogP contribution in [0, 0.1) is 0 Å². The molecule has 5 heteroatoms. The molecule has 2 aliphatic heterocycles. The summed E-state index contributed by atoms with van der Waals surface area (Å²) >= 11 is 6.05. The lowest BCUT2D eigenvalue weighted by Gasteiger charge is -2.38. The molecule has 0 amide bonds. The summed E-state index contributed by atoms with van der Waals surface area (Å²) in [4.78, 5) is 9.78. The van der Waals surface area contributed by atoms with E-state index in [2.05, 4.69) is 106 Å². The van der Waals surface area contributed by atoms with Crippen LogP contribution < -0.4 is 4.90 Å². The van der Waals surface area contributed by atoms with Crippen LogP contribution in [-0.2, 0) is 0 Å². The number of halogens is 1. The van der Waals surface area contributed by atoms with Gasteiger partial charge in [0.25, 0.3) is 0 Å². The molecule has 0 N–H and O–H groups in total. The van der Waals surface area contributed by atoms with E-state index in [1.165, 1.54) is 29.9 Å². The Bertz CT molecular complexity index is 964. The van der Waals surface area contributed by atoms with Crippen LogP contribution in [0.5, 0.6) is 0 Å². The van der Waals surface area contributed by atoms with Crippen molar-refractivity contribution in [3.8, 4) is 0 Å². The molecule has 3 aromatic carbocycles. The third-order valence-corrected chi connectivity index (χ3v) is 7.08. The first-order chi connectivity index (χ1) is 17.6. The highest BCUT2D eigenvalue weighted by Crippen LogP contribution is 2.30. The molecule has 1 unspecified atom stereocenters. The molecule has 2 fully saturated rings. The molecule has 3 aromatic rings. The molecule has 2 heterocycles. The highest BCUT2D eigenvalue weighted by atomic mass is 35.5. The van der Waals surface area contributed by atoms with Gasteiger partial charge in [0.2, 0.25) is 0 Å². The van der Waals surface area contributed by atoms with Crippen molar-refractivity contribution in [1.29, 1.82) is 0 Å². The zero-order chi connectivity index (χ0) is 25.8. The number of piperazine rings is 2. The van der Waals surface area contributed by atoms with Gasteiger partial charge in [0, 0.05) is 63.1 Å². The van der Waals surface area contributed by atoms with Crippen molar-refractivity contribution in [2.45, 2.75) is 19.9 Å². The summed E-state index contributed by atoms with van der Waals surface area (Å²) in [6, 6.07) is 30.0. The van der Waals surface area contributed by atoms with Crippen molar-refractivity contribution in [3.05, 3.63) is 101 Å². The number of rotatable bonds is 4. The standard InChI is InChI=1S/C18H21ClN2.C11H16N2.C2H6/c1-20-11-13-21(14-12-20)18(15-5-3-2-4-6-15)16-7-9-17(19)10-8-16;1-12-7-9-13(10-8-12)11-5-3-2-4-6-11;1-2/h2-10,18H,11-14H2,1H3;2-6H,7-10H2,1H3;1-2H3. The Morgan fingerprint density at radius 1 is 0.556 bits per heavy atom. The van der Waals surface area contributed by atoms with Crippen molar-refractivity contribution in [2.75, 3.05) is 71.4 Å². The molecule has 2 saturated heterocycles. The van der Waals surface area contributed by atoms with Crippen LogP contribution in [0.25, 0.3) is 0 Å². The first-order valence-corrected chi connectivity index (χ1v) is 13.7. The summed E-state index contributed by atoms with van der Waals surface area (Å²) in [6.07, 6.45) is 0. The lowest BCUT2D eigenvalue weighted by Crippen LogP contribution is -2.46. The van der Waals surface area contributed by atoms with E-state index in [1.54, 1.807) is 0 Å². The molecule has 0 radical (unpaired) electrons. The van der Waals surface area contributed by atoms with Crippen LogP contribution >= 0.6 is 11.6 Å². The quantitative estimate of drug-likeness (QED) is 0.421. The smallest absolute Gasteiger partial charge is 0.0602 e. The Hall–Kier alpha value is -2.37. The fourth-order valence-electron chi connectivity index (χ4n) is 4.68. The number of nitrogens with zero attached hydrogens (tertiary/aromatic N) is 4. The van der Waals surface area contributed by atoms with E-state index in [0.717, 1.165) is 44.3 Å². The number of hydrogen-bond donors (Lipinski definition) is 0. The first kappa shape index (κ1) is 28.2. The van der Waals surface area contributed by atoms with E-state index >= 15 is 0 Å². The molecular formula is C31H43ClN4. The summed E-state index contributed by atoms with van der Waals surface area (Å²) < 4.78 is 0. The van der Waals surface area contributed by atoms with Crippen LogP contribution in [0.1, 0.15) is 31.0 Å². The van der Waals surface area contributed by atoms with Gasteiger partial charge >= 0.3 is 0 Å². The molecule has 36 heavy (non-hydrogen) atoms. The largest absolute Gasteiger partial charge is 0.369 e. The normalized spacial score (nSPS) is 17.9. The maximum absolute atomic E-state index is 6.05. The fourth-order valence-corrected chi connectivity index (χ4v) is 4.80. The zero-order valence-electron chi connectivity index (χ0n) is 22.5. The molecule has 4 nitrogen and oxygen atoms in total. The van der Waals surface area contributed by atoms with E-state index in [-0.39, 0.29) is 0 Å². The summed E-state index contributed by atoms with van der Waals surface area (Å²) in [6.45, 7) is 13.1. The van der Waals surface area contributed by atoms with E-state index in [0.29, 0.717) is 6.04 Å².